The number of amides is 1. The van der Waals surface area contributed by atoms with Crippen molar-refractivity contribution >= 4 is 34.9 Å². The van der Waals surface area contributed by atoms with Crippen LogP contribution in [0.3, 0.4) is 0 Å². The van der Waals surface area contributed by atoms with E-state index in [4.69, 9.17) is 23.2 Å². The van der Waals surface area contributed by atoms with Gasteiger partial charge in [-0.3, -0.25) is 14.8 Å². The van der Waals surface area contributed by atoms with Gasteiger partial charge in [0.2, 0.25) is 0 Å². The van der Waals surface area contributed by atoms with Crippen molar-refractivity contribution in [2.45, 2.75) is 12.5 Å². The Hall–Kier alpha value is -3.12. The molecule has 1 N–H and O–H groups in total. The monoisotopic (exact) mass is 494 g/mol. The van der Waals surface area contributed by atoms with Crippen molar-refractivity contribution in [2.24, 2.45) is 0 Å². The number of anilines is 1. The Labute approximate surface area is 185 Å². The van der Waals surface area contributed by atoms with Gasteiger partial charge in [-0.1, -0.05) is 23.2 Å². The summed E-state index contributed by atoms with van der Waals surface area (Å²) in [6.45, 7) is 0. The fraction of sp³-hybridized carbons (Fsp3) is 0.167. The van der Waals surface area contributed by atoms with Gasteiger partial charge in [0.05, 0.1) is 5.02 Å². The largest absolute Gasteiger partial charge is 0.586 e. The molecule has 0 fully saturated rings. The van der Waals surface area contributed by atoms with Gasteiger partial charge in [-0.15, -0.1) is 8.78 Å². The third-order valence-electron chi connectivity index (χ3n) is 4.39. The molecule has 0 saturated heterocycles. The number of carbonyl (C=O) groups excluding carboxylic acids is 1. The lowest BCUT2D eigenvalue weighted by Crippen LogP contribution is -2.27. The van der Waals surface area contributed by atoms with Crippen LogP contribution in [0.1, 0.15) is 16.2 Å². The average molecular weight is 495 g/mol. The Morgan fingerprint density at radius 3 is 2.38 bits per heavy atom. The van der Waals surface area contributed by atoms with E-state index in [0.29, 0.717) is 11.1 Å². The second kappa shape index (κ2) is 7.48. The lowest BCUT2D eigenvalue weighted by Gasteiger charge is -2.16. The third-order valence-corrected chi connectivity index (χ3v) is 5.07. The second-order valence-corrected chi connectivity index (χ2v) is 7.26. The highest BCUT2D eigenvalue weighted by atomic mass is 35.5. The van der Waals surface area contributed by atoms with Gasteiger partial charge in [-0.2, -0.15) is 18.3 Å². The first-order chi connectivity index (χ1) is 14.9. The van der Waals surface area contributed by atoms with Gasteiger partial charge in [0.15, 0.2) is 22.9 Å². The maximum atomic E-state index is 13.2. The SMILES string of the molecule is CN(C(=O)c1n[nH]c(C(F)(F)F)c1Cl)c1ccc(-c2cc3c(cc2Cl)OC(F)(F)O3)cn1. The molecule has 0 radical (unpaired) electrons. The molecule has 1 amide bonds. The number of fused-ring (bicyclic) bond motifs is 1. The molecular formula is C18H9Cl2F5N4O3. The summed E-state index contributed by atoms with van der Waals surface area (Å²) in [4.78, 5) is 17.5. The highest BCUT2D eigenvalue weighted by Gasteiger charge is 2.44. The number of nitrogens with one attached hydrogen (secondary N) is 1. The summed E-state index contributed by atoms with van der Waals surface area (Å²) in [6.07, 6.45) is -7.34. The summed E-state index contributed by atoms with van der Waals surface area (Å²) < 4.78 is 73.8. The molecule has 0 saturated carbocycles. The quantitative estimate of drug-likeness (QED) is 0.493. The molecule has 0 bridgehead atoms. The molecular weight excluding hydrogens is 486 g/mol. The number of rotatable bonds is 3. The van der Waals surface area contributed by atoms with Gasteiger partial charge in [-0.25, -0.2) is 4.98 Å². The highest BCUT2D eigenvalue weighted by molar-refractivity contribution is 6.35. The first-order valence-corrected chi connectivity index (χ1v) is 9.28. The fourth-order valence-corrected chi connectivity index (χ4v) is 3.39. The van der Waals surface area contributed by atoms with Gasteiger partial charge >= 0.3 is 12.5 Å². The molecule has 3 aromatic rings. The zero-order chi connectivity index (χ0) is 23.4. The molecule has 1 aliphatic rings. The molecule has 0 aliphatic carbocycles. The molecule has 4 rings (SSSR count). The van der Waals surface area contributed by atoms with Crippen LogP contribution in [0.4, 0.5) is 27.8 Å². The summed E-state index contributed by atoms with van der Waals surface area (Å²) in [5.74, 6) is -1.34. The van der Waals surface area contributed by atoms with Crippen LogP contribution in [0.15, 0.2) is 30.5 Å². The zero-order valence-corrected chi connectivity index (χ0v) is 17.1. The van der Waals surface area contributed by atoms with Gasteiger partial charge in [0, 0.05) is 30.4 Å². The van der Waals surface area contributed by atoms with Gasteiger partial charge in [0.1, 0.15) is 10.8 Å². The van der Waals surface area contributed by atoms with Crippen LogP contribution in [0, 0.1) is 0 Å². The molecule has 0 atom stereocenters. The van der Waals surface area contributed by atoms with Crippen LogP contribution in [-0.4, -0.2) is 34.4 Å². The van der Waals surface area contributed by atoms with Crippen LogP contribution >= 0.6 is 23.2 Å². The van der Waals surface area contributed by atoms with E-state index in [1.54, 1.807) is 5.10 Å². The van der Waals surface area contributed by atoms with Crippen LogP contribution in [0.5, 0.6) is 11.5 Å². The average Bonchev–Trinajstić information content (AvgIpc) is 3.24. The number of aromatic amines is 1. The van der Waals surface area contributed by atoms with Crippen molar-refractivity contribution in [3.05, 3.63) is 51.9 Å². The van der Waals surface area contributed by atoms with E-state index in [2.05, 4.69) is 19.6 Å². The lowest BCUT2D eigenvalue weighted by molar-refractivity contribution is -0.286. The number of ether oxygens (including phenoxy) is 2. The molecule has 2 aromatic heterocycles. The fourth-order valence-electron chi connectivity index (χ4n) is 2.86. The normalized spacial score (nSPS) is 14.5. The van der Waals surface area contributed by atoms with Crippen molar-refractivity contribution < 1.29 is 36.2 Å². The molecule has 14 heteroatoms. The molecule has 32 heavy (non-hydrogen) atoms. The van der Waals surface area contributed by atoms with Crippen LogP contribution in [-0.2, 0) is 6.18 Å². The zero-order valence-electron chi connectivity index (χ0n) is 15.6. The number of alkyl halides is 5. The number of halogens is 7. The predicted octanol–water partition coefficient (Wildman–Crippen LogP) is 5.40. The summed E-state index contributed by atoms with van der Waals surface area (Å²) >= 11 is 11.8. The Bertz CT molecular complexity index is 1210. The molecule has 3 heterocycles. The molecule has 0 unspecified atom stereocenters. The van der Waals surface area contributed by atoms with Crippen LogP contribution in [0.25, 0.3) is 11.1 Å². The third kappa shape index (κ3) is 3.91. The maximum absolute atomic E-state index is 13.2. The number of carbonyl (C=O) groups is 1. The number of nitrogens with zero attached hydrogens (tertiary/aromatic N) is 3. The van der Waals surface area contributed by atoms with Crippen LogP contribution < -0.4 is 14.4 Å². The van der Waals surface area contributed by atoms with Crippen molar-refractivity contribution in [1.29, 1.82) is 0 Å². The minimum Gasteiger partial charge on any atom is -0.395 e. The van der Waals surface area contributed by atoms with Crippen molar-refractivity contribution in [3.8, 4) is 22.6 Å². The predicted molar refractivity (Wildman–Crippen MR) is 102 cm³/mol. The molecule has 7 nitrogen and oxygen atoms in total. The van der Waals surface area contributed by atoms with Crippen molar-refractivity contribution in [2.75, 3.05) is 11.9 Å². The lowest BCUT2D eigenvalue weighted by atomic mass is 10.1. The number of hydrogen-bond acceptors (Lipinski definition) is 5. The first-order valence-electron chi connectivity index (χ1n) is 8.52. The van der Waals surface area contributed by atoms with Gasteiger partial charge in [0.25, 0.3) is 5.91 Å². The Kier molecular flexibility index (Phi) is 5.17. The number of aromatic nitrogens is 3. The van der Waals surface area contributed by atoms with Gasteiger partial charge in [-0.05, 0) is 18.2 Å². The molecule has 1 aliphatic heterocycles. The Morgan fingerprint density at radius 2 is 1.81 bits per heavy atom. The Morgan fingerprint density at radius 1 is 1.16 bits per heavy atom. The first kappa shape index (κ1) is 22.1. The van der Waals surface area contributed by atoms with Gasteiger partial charge < -0.3 is 9.47 Å². The second-order valence-electron chi connectivity index (χ2n) is 6.47. The van der Waals surface area contributed by atoms with Crippen LogP contribution in [0.2, 0.25) is 10.0 Å². The minimum atomic E-state index is -4.81. The van der Waals surface area contributed by atoms with E-state index in [1.807, 2.05) is 0 Å². The topological polar surface area (TPSA) is 80.3 Å². The van der Waals surface area contributed by atoms with E-state index in [1.165, 1.54) is 31.4 Å². The summed E-state index contributed by atoms with van der Waals surface area (Å²) in [5, 5.41) is 4.26. The molecule has 0 spiro atoms. The highest BCUT2D eigenvalue weighted by Crippen LogP contribution is 2.46. The van der Waals surface area contributed by atoms with Crippen molar-refractivity contribution in [1.82, 2.24) is 15.2 Å². The van der Waals surface area contributed by atoms with E-state index < -0.39 is 34.8 Å². The van der Waals surface area contributed by atoms with Crippen molar-refractivity contribution in [3.63, 3.8) is 0 Å². The number of benzene rings is 1. The summed E-state index contributed by atoms with van der Waals surface area (Å²) in [5.41, 5.74) is -1.29. The maximum Gasteiger partial charge on any atom is 0.586 e. The van der Waals surface area contributed by atoms with E-state index in [9.17, 15) is 26.7 Å². The smallest absolute Gasteiger partial charge is 0.395 e. The number of hydrogen-bond donors (Lipinski definition) is 1. The Balaban J connectivity index is 1.59. The van der Waals surface area contributed by atoms with E-state index >= 15 is 0 Å². The summed E-state index contributed by atoms with van der Waals surface area (Å²) in [6, 6.07) is 5.25. The molecule has 168 valence electrons. The minimum absolute atomic E-state index is 0.0507. The molecule has 1 aromatic carbocycles. The summed E-state index contributed by atoms with van der Waals surface area (Å²) in [7, 11) is 1.26. The standard InChI is InChI=1S/C18H9Cl2F5N4O3/c1-29(16(30)14-13(20)15(28-27-14)17(21,22)23)12-3-2-7(6-26-12)8-4-10-11(5-9(8)19)32-18(24,25)31-10/h2-6H,1H3,(H,27,28). The number of H-pyrrole nitrogens is 1. The van der Waals surface area contributed by atoms with E-state index in [-0.39, 0.29) is 22.3 Å². The number of pyridine rings is 1. The van der Waals surface area contributed by atoms with E-state index in [0.717, 1.165) is 11.0 Å².